The third-order valence-corrected chi connectivity index (χ3v) is 13.9. The van der Waals surface area contributed by atoms with E-state index in [0.29, 0.717) is 5.82 Å². The predicted molar refractivity (Wildman–Crippen MR) is 276 cm³/mol. The van der Waals surface area contributed by atoms with Crippen molar-refractivity contribution in [3.8, 4) is 101 Å². The van der Waals surface area contributed by atoms with Crippen molar-refractivity contribution in [3.05, 3.63) is 277 Å². The van der Waals surface area contributed by atoms with Gasteiger partial charge in [-0.2, -0.15) is 0 Å². The summed E-state index contributed by atoms with van der Waals surface area (Å²) in [7, 11) is 0. The van der Waals surface area contributed by atoms with Crippen LogP contribution in [0.5, 0.6) is 0 Å². The molecule has 0 amide bonds. The molecule has 1 aromatic heterocycles. The Morgan fingerprint density at radius 2 is 0.552 bits per heavy atom. The molecule has 0 unspecified atom stereocenters. The zero-order valence-corrected chi connectivity index (χ0v) is 36.6. The summed E-state index contributed by atoms with van der Waals surface area (Å²) in [5, 5.41) is 0. The number of hydrogen-bond donors (Lipinski definition) is 0. The van der Waals surface area contributed by atoms with E-state index in [9.17, 15) is 0 Å². The fraction of sp³-hybridized carbons (Fsp3) is 0.0154. The molecule has 0 aliphatic heterocycles. The van der Waals surface area contributed by atoms with Crippen LogP contribution in [0.3, 0.4) is 0 Å². The van der Waals surface area contributed by atoms with Crippen LogP contribution in [0.25, 0.3) is 101 Å². The molecular weight excluding hydrogens is 809 g/mol. The van der Waals surface area contributed by atoms with E-state index in [-0.39, 0.29) is 0 Å². The van der Waals surface area contributed by atoms with Crippen molar-refractivity contribution >= 4 is 0 Å². The Kier molecular flexibility index (Phi) is 9.11. The van der Waals surface area contributed by atoms with Gasteiger partial charge in [0.2, 0.25) is 0 Å². The minimum atomic E-state index is -0.602. The van der Waals surface area contributed by atoms with Gasteiger partial charge in [-0.05, 0) is 119 Å². The molecule has 0 fully saturated rings. The number of aromatic nitrogens is 2. The molecule has 0 saturated carbocycles. The molecular formula is C65H42N2. The first-order chi connectivity index (χ1) is 33.2. The molecule has 2 aliphatic carbocycles. The van der Waals surface area contributed by atoms with E-state index in [1.54, 1.807) is 0 Å². The molecule has 312 valence electrons. The van der Waals surface area contributed by atoms with Crippen LogP contribution in [-0.2, 0) is 5.41 Å². The normalized spacial score (nSPS) is 12.6. The Labute approximate surface area is 391 Å². The minimum absolute atomic E-state index is 0.602. The first kappa shape index (κ1) is 38.7. The van der Waals surface area contributed by atoms with Crippen LogP contribution in [0, 0.1) is 0 Å². The highest BCUT2D eigenvalue weighted by Gasteiger charge is 2.49. The SMILES string of the molecule is c1ccc(-c2ccc(-c3nc(-c4cc(-c5ccccc5)cc(-c5ccccc5)c4)cc(-c4ccc5c(c4)C4(c6ccccc6-c6ccccc6-5)c5ccccc5-c5ccccc54)n3)cc2)cc1. The van der Waals surface area contributed by atoms with E-state index in [2.05, 4.69) is 255 Å². The molecule has 11 aromatic rings. The van der Waals surface area contributed by atoms with E-state index in [0.717, 1.165) is 55.9 Å². The van der Waals surface area contributed by atoms with Gasteiger partial charge in [0.05, 0.1) is 16.8 Å². The third-order valence-electron chi connectivity index (χ3n) is 13.9. The summed E-state index contributed by atoms with van der Waals surface area (Å²) in [6.45, 7) is 0. The molecule has 67 heavy (non-hydrogen) atoms. The van der Waals surface area contributed by atoms with Crippen molar-refractivity contribution < 1.29 is 0 Å². The van der Waals surface area contributed by atoms with E-state index >= 15 is 0 Å². The van der Waals surface area contributed by atoms with E-state index in [4.69, 9.17) is 9.97 Å². The summed E-state index contributed by atoms with van der Waals surface area (Å²) in [6.07, 6.45) is 0. The van der Waals surface area contributed by atoms with Gasteiger partial charge in [0.25, 0.3) is 0 Å². The molecule has 2 aliphatic rings. The third kappa shape index (κ3) is 6.33. The smallest absolute Gasteiger partial charge is 0.160 e. The second kappa shape index (κ2) is 15.8. The van der Waals surface area contributed by atoms with Crippen molar-refractivity contribution in [2.24, 2.45) is 0 Å². The summed E-state index contributed by atoms with van der Waals surface area (Å²) < 4.78 is 0. The summed E-state index contributed by atoms with van der Waals surface area (Å²) in [5.41, 5.74) is 23.6. The highest BCUT2D eigenvalue weighted by atomic mass is 14.9. The first-order valence-corrected chi connectivity index (χ1v) is 23.1. The number of nitrogens with zero attached hydrogens (tertiary/aromatic N) is 2. The Balaban J connectivity index is 1.08. The van der Waals surface area contributed by atoms with E-state index in [1.807, 2.05) is 0 Å². The molecule has 10 aromatic carbocycles. The maximum Gasteiger partial charge on any atom is 0.160 e. The summed E-state index contributed by atoms with van der Waals surface area (Å²) >= 11 is 0. The van der Waals surface area contributed by atoms with Gasteiger partial charge in [0, 0.05) is 16.7 Å². The molecule has 13 rings (SSSR count). The molecule has 2 nitrogen and oxygen atoms in total. The minimum Gasteiger partial charge on any atom is -0.228 e. The van der Waals surface area contributed by atoms with Gasteiger partial charge in [0.15, 0.2) is 5.82 Å². The van der Waals surface area contributed by atoms with Crippen LogP contribution in [0.4, 0.5) is 0 Å². The monoisotopic (exact) mass is 850 g/mol. The topological polar surface area (TPSA) is 25.8 Å². The van der Waals surface area contributed by atoms with Gasteiger partial charge in [-0.1, -0.05) is 224 Å². The zero-order valence-electron chi connectivity index (χ0n) is 36.6. The molecule has 0 saturated heterocycles. The molecule has 0 atom stereocenters. The highest BCUT2D eigenvalue weighted by Crippen LogP contribution is 2.61. The van der Waals surface area contributed by atoms with Crippen LogP contribution in [0.1, 0.15) is 22.3 Å². The molecule has 0 radical (unpaired) electrons. The van der Waals surface area contributed by atoms with Gasteiger partial charge in [-0.25, -0.2) is 9.97 Å². The summed E-state index contributed by atoms with van der Waals surface area (Å²) in [4.78, 5) is 11.0. The van der Waals surface area contributed by atoms with Crippen LogP contribution >= 0.6 is 0 Å². The quantitative estimate of drug-likeness (QED) is 0.167. The standard InChI is InChI=1S/C65H42N2/c1-4-18-43(19-5-1)46-32-34-47(35-33-46)64-66-62(42-63(67-64)51-39-49(44-20-6-2-7-21-44)38-50(40-51)45-22-8-3-9-23-45)48-36-37-57-53-25-11-10-24-52(53)54-26-12-15-29-58(54)65(61(57)41-48)59-30-16-13-27-55(59)56-28-14-17-31-60(56)65/h1-42H. The van der Waals surface area contributed by atoms with Gasteiger partial charge >= 0.3 is 0 Å². The Morgan fingerprint density at radius 3 is 1.06 bits per heavy atom. The lowest BCUT2D eigenvalue weighted by Crippen LogP contribution is -2.29. The zero-order chi connectivity index (χ0) is 44.3. The van der Waals surface area contributed by atoms with Crippen LogP contribution in [0.15, 0.2) is 255 Å². The van der Waals surface area contributed by atoms with Gasteiger partial charge in [-0.3, -0.25) is 0 Å². The van der Waals surface area contributed by atoms with Gasteiger partial charge in [0.1, 0.15) is 0 Å². The summed E-state index contributed by atoms with van der Waals surface area (Å²) in [6, 6.07) is 92.6. The number of fused-ring (bicyclic) bond motifs is 12. The average Bonchev–Trinajstić information content (AvgIpc) is 3.66. The molecule has 0 bridgehead atoms. The maximum absolute atomic E-state index is 5.52. The average molecular weight is 851 g/mol. The summed E-state index contributed by atoms with van der Waals surface area (Å²) in [5.74, 6) is 0.676. The van der Waals surface area contributed by atoms with E-state index < -0.39 is 5.41 Å². The van der Waals surface area contributed by atoms with Gasteiger partial charge < -0.3 is 0 Å². The highest BCUT2D eigenvalue weighted by molar-refractivity contribution is 5.98. The van der Waals surface area contributed by atoms with Gasteiger partial charge in [-0.15, -0.1) is 0 Å². The van der Waals surface area contributed by atoms with E-state index in [1.165, 1.54) is 61.2 Å². The molecule has 1 heterocycles. The van der Waals surface area contributed by atoms with Crippen molar-refractivity contribution in [3.63, 3.8) is 0 Å². The Hall–Kier alpha value is -8.72. The fourth-order valence-corrected chi connectivity index (χ4v) is 10.9. The maximum atomic E-state index is 5.52. The second-order valence-electron chi connectivity index (χ2n) is 17.6. The lowest BCUT2D eigenvalue weighted by molar-refractivity contribution is 0.775. The van der Waals surface area contributed by atoms with Crippen molar-refractivity contribution in [2.45, 2.75) is 5.41 Å². The molecule has 1 spiro atoms. The predicted octanol–water partition coefficient (Wildman–Crippen LogP) is 16.5. The number of hydrogen-bond acceptors (Lipinski definition) is 2. The van der Waals surface area contributed by atoms with Crippen LogP contribution < -0.4 is 0 Å². The van der Waals surface area contributed by atoms with Crippen molar-refractivity contribution in [1.29, 1.82) is 0 Å². The first-order valence-electron chi connectivity index (χ1n) is 23.1. The molecule has 0 N–H and O–H groups in total. The van der Waals surface area contributed by atoms with Crippen molar-refractivity contribution in [1.82, 2.24) is 9.97 Å². The lowest BCUT2D eigenvalue weighted by Gasteiger charge is -2.35. The Bertz CT molecular complexity index is 3560. The second-order valence-corrected chi connectivity index (χ2v) is 17.6. The number of rotatable bonds is 6. The fourth-order valence-electron chi connectivity index (χ4n) is 10.9. The van der Waals surface area contributed by atoms with Crippen molar-refractivity contribution in [2.75, 3.05) is 0 Å². The molecule has 2 heteroatoms. The number of benzene rings is 10. The van der Waals surface area contributed by atoms with Crippen LogP contribution in [-0.4, -0.2) is 9.97 Å². The lowest BCUT2D eigenvalue weighted by atomic mass is 9.65. The van der Waals surface area contributed by atoms with Crippen LogP contribution in [0.2, 0.25) is 0 Å². The Morgan fingerprint density at radius 1 is 0.209 bits per heavy atom. The largest absolute Gasteiger partial charge is 0.228 e.